The van der Waals surface area contributed by atoms with Crippen LogP contribution in [0.4, 0.5) is 0 Å². The molecule has 1 aromatic heterocycles. The third-order valence-electron chi connectivity index (χ3n) is 3.19. The molecule has 0 aliphatic carbocycles. The lowest BCUT2D eigenvalue weighted by Gasteiger charge is -2.16. The van der Waals surface area contributed by atoms with E-state index in [0.29, 0.717) is 11.1 Å². The predicted molar refractivity (Wildman–Crippen MR) is 76.8 cm³/mol. The molecule has 0 amide bonds. The molecule has 1 atom stereocenters. The van der Waals surface area contributed by atoms with Gasteiger partial charge in [0.05, 0.1) is 12.3 Å². The van der Waals surface area contributed by atoms with Gasteiger partial charge in [-0.1, -0.05) is 11.6 Å². The Bertz CT molecular complexity index is 403. The minimum Gasteiger partial charge on any atom is -0.381 e. The lowest BCUT2D eigenvalue weighted by molar-refractivity contribution is 0.111. The number of pyridine rings is 1. The van der Waals surface area contributed by atoms with Gasteiger partial charge in [-0.25, -0.2) is 4.98 Å². The molecule has 2 rings (SSSR count). The molecule has 1 aliphatic rings. The van der Waals surface area contributed by atoms with E-state index in [1.54, 1.807) is 6.07 Å². The van der Waals surface area contributed by atoms with Crippen LogP contribution in [0.1, 0.15) is 19.0 Å². The van der Waals surface area contributed by atoms with Crippen molar-refractivity contribution in [3.05, 3.63) is 27.5 Å². The van der Waals surface area contributed by atoms with Crippen LogP contribution in [0.25, 0.3) is 0 Å². The van der Waals surface area contributed by atoms with Crippen LogP contribution >= 0.6 is 27.5 Å². The van der Waals surface area contributed by atoms with Crippen LogP contribution in [-0.2, 0) is 11.3 Å². The molecule has 18 heavy (non-hydrogen) atoms. The molecule has 100 valence electrons. The first-order chi connectivity index (χ1) is 8.69. The van der Waals surface area contributed by atoms with E-state index < -0.39 is 0 Å². The van der Waals surface area contributed by atoms with E-state index in [1.807, 2.05) is 13.0 Å². The monoisotopic (exact) mass is 332 g/mol. The van der Waals surface area contributed by atoms with Gasteiger partial charge in [-0.3, -0.25) is 4.90 Å². The Hall–Kier alpha value is -0.160. The molecule has 1 fully saturated rings. The lowest BCUT2D eigenvalue weighted by Crippen LogP contribution is -2.22. The van der Waals surface area contributed by atoms with Crippen LogP contribution in [0.3, 0.4) is 0 Å². The van der Waals surface area contributed by atoms with Gasteiger partial charge in [0.25, 0.3) is 0 Å². The second-order valence-electron chi connectivity index (χ2n) is 4.61. The number of nitrogens with zero attached hydrogens (tertiary/aromatic N) is 2. The molecule has 0 radical (unpaired) electrons. The number of aromatic nitrogens is 1. The van der Waals surface area contributed by atoms with Crippen LogP contribution in [0, 0.1) is 5.92 Å². The van der Waals surface area contributed by atoms with Gasteiger partial charge in [0.2, 0.25) is 0 Å². The normalized spacial score (nSPS) is 20.5. The van der Waals surface area contributed by atoms with Crippen molar-refractivity contribution in [1.29, 1.82) is 0 Å². The number of halogens is 2. The van der Waals surface area contributed by atoms with Gasteiger partial charge in [-0.2, -0.15) is 0 Å². The summed E-state index contributed by atoms with van der Waals surface area (Å²) in [4.78, 5) is 6.78. The van der Waals surface area contributed by atoms with Crippen molar-refractivity contribution in [3.8, 4) is 0 Å². The van der Waals surface area contributed by atoms with E-state index in [-0.39, 0.29) is 0 Å². The molecular weight excluding hydrogens is 316 g/mol. The van der Waals surface area contributed by atoms with Crippen molar-refractivity contribution in [3.63, 3.8) is 0 Å². The number of rotatable bonds is 5. The number of hydrogen-bond donors (Lipinski definition) is 0. The highest BCUT2D eigenvalue weighted by Gasteiger charge is 2.23. The Morgan fingerprint density at radius 1 is 1.56 bits per heavy atom. The van der Waals surface area contributed by atoms with E-state index in [1.165, 1.54) is 6.42 Å². The minimum atomic E-state index is 0.554. The van der Waals surface area contributed by atoms with Gasteiger partial charge in [-0.15, -0.1) is 0 Å². The molecule has 2 heterocycles. The smallest absolute Gasteiger partial charge is 0.129 e. The zero-order valence-electron chi connectivity index (χ0n) is 10.5. The Morgan fingerprint density at radius 3 is 3.17 bits per heavy atom. The SMILES string of the molecule is CCOCC1CCN(Cc2nc(Cl)ccc2Br)C1. The standard InChI is InChI=1S/C13H18BrClN2O/c1-2-18-9-10-5-6-17(7-10)8-12-11(14)3-4-13(15)16-12/h3-4,10H,2,5-9H2,1H3. The first-order valence-corrected chi connectivity index (χ1v) is 7.47. The van der Waals surface area contributed by atoms with E-state index in [0.717, 1.165) is 43.0 Å². The Labute approximate surface area is 122 Å². The second kappa shape index (κ2) is 6.85. The molecule has 3 nitrogen and oxygen atoms in total. The third kappa shape index (κ3) is 3.92. The van der Waals surface area contributed by atoms with Crippen molar-refractivity contribution < 1.29 is 4.74 Å². The molecule has 0 aromatic carbocycles. The average Bonchev–Trinajstić information content (AvgIpc) is 2.79. The van der Waals surface area contributed by atoms with Crippen LogP contribution < -0.4 is 0 Å². The van der Waals surface area contributed by atoms with Crippen molar-refractivity contribution in [1.82, 2.24) is 9.88 Å². The highest BCUT2D eigenvalue weighted by molar-refractivity contribution is 9.10. The minimum absolute atomic E-state index is 0.554. The molecule has 0 N–H and O–H groups in total. The summed E-state index contributed by atoms with van der Waals surface area (Å²) in [6, 6.07) is 3.76. The van der Waals surface area contributed by atoms with E-state index >= 15 is 0 Å². The fourth-order valence-corrected chi connectivity index (χ4v) is 2.77. The summed E-state index contributed by atoms with van der Waals surface area (Å²) in [7, 11) is 0. The average molecular weight is 334 g/mol. The largest absolute Gasteiger partial charge is 0.381 e. The van der Waals surface area contributed by atoms with Gasteiger partial charge >= 0.3 is 0 Å². The van der Waals surface area contributed by atoms with Crippen molar-refractivity contribution in [2.45, 2.75) is 19.9 Å². The van der Waals surface area contributed by atoms with Crippen molar-refractivity contribution >= 4 is 27.5 Å². The Kier molecular flexibility index (Phi) is 5.42. The topological polar surface area (TPSA) is 25.4 Å². The highest BCUT2D eigenvalue weighted by Crippen LogP contribution is 2.23. The molecule has 0 spiro atoms. The first kappa shape index (κ1) is 14.3. The molecule has 1 aliphatic heterocycles. The Morgan fingerprint density at radius 2 is 2.39 bits per heavy atom. The Balaban J connectivity index is 1.89. The summed E-state index contributed by atoms with van der Waals surface area (Å²) in [6.45, 7) is 6.76. The van der Waals surface area contributed by atoms with Crippen LogP contribution in [0.15, 0.2) is 16.6 Å². The fourth-order valence-electron chi connectivity index (χ4n) is 2.26. The van der Waals surface area contributed by atoms with Gasteiger partial charge < -0.3 is 4.74 Å². The maximum Gasteiger partial charge on any atom is 0.129 e. The molecular formula is C13H18BrClN2O. The summed E-state index contributed by atoms with van der Waals surface area (Å²) in [5.74, 6) is 0.655. The van der Waals surface area contributed by atoms with Gasteiger partial charge in [0.15, 0.2) is 0 Å². The van der Waals surface area contributed by atoms with E-state index in [9.17, 15) is 0 Å². The first-order valence-electron chi connectivity index (χ1n) is 6.30. The van der Waals surface area contributed by atoms with E-state index in [2.05, 4.69) is 25.8 Å². The third-order valence-corrected chi connectivity index (χ3v) is 4.12. The fraction of sp³-hybridized carbons (Fsp3) is 0.615. The molecule has 1 unspecified atom stereocenters. The predicted octanol–water partition coefficient (Wildman–Crippen LogP) is 3.36. The van der Waals surface area contributed by atoms with E-state index in [4.69, 9.17) is 16.3 Å². The summed E-state index contributed by atoms with van der Waals surface area (Å²) in [5.41, 5.74) is 1.01. The molecule has 1 saturated heterocycles. The van der Waals surface area contributed by atoms with Crippen LogP contribution in [0.5, 0.6) is 0 Å². The summed E-state index contributed by atoms with van der Waals surface area (Å²) in [6.07, 6.45) is 1.21. The van der Waals surface area contributed by atoms with Crippen molar-refractivity contribution in [2.24, 2.45) is 5.92 Å². The number of hydrogen-bond acceptors (Lipinski definition) is 3. The lowest BCUT2D eigenvalue weighted by atomic mass is 10.1. The maximum absolute atomic E-state index is 5.93. The molecule has 0 bridgehead atoms. The van der Waals surface area contributed by atoms with Crippen LogP contribution in [0.2, 0.25) is 5.15 Å². The van der Waals surface area contributed by atoms with Gasteiger partial charge in [0.1, 0.15) is 5.15 Å². The van der Waals surface area contributed by atoms with Crippen LogP contribution in [-0.4, -0.2) is 36.2 Å². The summed E-state index contributed by atoms with van der Waals surface area (Å²) < 4.78 is 6.51. The summed E-state index contributed by atoms with van der Waals surface area (Å²) in [5, 5.41) is 0.554. The molecule has 1 aromatic rings. The second-order valence-corrected chi connectivity index (χ2v) is 5.85. The number of likely N-dealkylation sites (tertiary alicyclic amines) is 1. The van der Waals surface area contributed by atoms with Crippen molar-refractivity contribution in [2.75, 3.05) is 26.3 Å². The molecule has 0 saturated carbocycles. The zero-order chi connectivity index (χ0) is 13.0. The highest BCUT2D eigenvalue weighted by atomic mass is 79.9. The summed E-state index contributed by atoms with van der Waals surface area (Å²) >= 11 is 9.45. The zero-order valence-corrected chi connectivity index (χ0v) is 12.9. The molecule has 5 heteroatoms. The quantitative estimate of drug-likeness (QED) is 0.773. The maximum atomic E-state index is 5.93. The number of ether oxygens (including phenoxy) is 1. The van der Waals surface area contributed by atoms with Gasteiger partial charge in [-0.05, 0) is 53.9 Å². The van der Waals surface area contributed by atoms with Gasteiger partial charge in [0, 0.05) is 24.2 Å².